The molecule has 1 aliphatic rings. The van der Waals surface area contributed by atoms with Crippen molar-refractivity contribution in [3.8, 4) is 0 Å². The lowest BCUT2D eigenvalue weighted by molar-refractivity contribution is 0.0281. The molecule has 0 aromatic rings. The minimum Gasteiger partial charge on any atom is -0.444 e. The molecule has 0 saturated carbocycles. The molecule has 0 unspecified atom stereocenters. The first-order valence-corrected chi connectivity index (χ1v) is 11.5. The molecule has 25 heavy (non-hydrogen) atoms. The van der Waals surface area contributed by atoms with Gasteiger partial charge in [0.2, 0.25) is 0 Å². The van der Waals surface area contributed by atoms with E-state index in [9.17, 15) is 21.6 Å². The monoisotopic (exact) mass is 401 g/mol. The first-order valence-electron chi connectivity index (χ1n) is 7.83. The van der Waals surface area contributed by atoms with Crippen LogP contribution < -0.4 is 0 Å². The summed E-state index contributed by atoms with van der Waals surface area (Å²) >= 11 is 0. The standard InChI is InChI=1S/C14H27NO8S2/c1-14(2,3)23-13(16)15-8-11(6-7-21-24(4,17)18)12(9-15)10-22-25(5,19)20/h11-12H,6-10H2,1-5H3/t11-,12-/m0/s1. The Balaban J connectivity index is 2.73. The second-order valence-electron chi connectivity index (χ2n) is 7.21. The van der Waals surface area contributed by atoms with Gasteiger partial charge in [0.05, 0.1) is 25.7 Å². The molecular weight excluding hydrogens is 374 g/mol. The lowest BCUT2D eigenvalue weighted by Crippen LogP contribution is -2.35. The van der Waals surface area contributed by atoms with E-state index >= 15 is 0 Å². The van der Waals surface area contributed by atoms with Gasteiger partial charge >= 0.3 is 6.09 Å². The first kappa shape index (κ1) is 22.1. The van der Waals surface area contributed by atoms with Gasteiger partial charge < -0.3 is 9.64 Å². The smallest absolute Gasteiger partial charge is 0.410 e. The molecule has 1 rings (SSSR count). The molecule has 1 amide bonds. The third kappa shape index (κ3) is 9.38. The Hall–Kier alpha value is -0.910. The van der Waals surface area contributed by atoms with Crippen molar-refractivity contribution >= 4 is 26.3 Å². The summed E-state index contributed by atoms with van der Waals surface area (Å²) < 4.78 is 59.5. The van der Waals surface area contributed by atoms with Gasteiger partial charge in [0.15, 0.2) is 0 Å². The van der Waals surface area contributed by atoms with Gasteiger partial charge in [-0.3, -0.25) is 8.37 Å². The number of hydrogen-bond donors (Lipinski definition) is 0. The van der Waals surface area contributed by atoms with E-state index in [4.69, 9.17) is 13.1 Å². The lowest BCUT2D eigenvalue weighted by Gasteiger charge is -2.24. The topological polar surface area (TPSA) is 116 Å². The highest BCUT2D eigenvalue weighted by Gasteiger charge is 2.37. The molecule has 1 aliphatic heterocycles. The number of amides is 1. The molecular formula is C14H27NO8S2. The summed E-state index contributed by atoms with van der Waals surface area (Å²) in [5.74, 6) is -0.415. The largest absolute Gasteiger partial charge is 0.444 e. The molecule has 0 aromatic heterocycles. The predicted octanol–water partition coefficient (Wildman–Crippen LogP) is 0.812. The molecule has 11 heteroatoms. The van der Waals surface area contributed by atoms with Crippen LogP contribution in [0.2, 0.25) is 0 Å². The fourth-order valence-electron chi connectivity index (χ4n) is 2.49. The minimum atomic E-state index is -3.61. The molecule has 0 bridgehead atoms. The summed E-state index contributed by atoms with van der Waals surface area (Å²) in [6.07, 6.45) is 1.77. The van der Waals surface area contributed by atoms with Crippen molar-refractivity contribution in [2.75, 3.05) is 38.8 Å². The van der Waals surface area contributed by atoms with Gasteiger partial charge in [-0.05, 0) is 33.1 Å². The van der Waals surface area contributed by atoms with Crippen molar-refractivity contribution in [3.63, 3.8) is 0 Å². The van der Waals surface area contributed by atoms with Crippen molar-refractivity contribution < 1.29 is 34.7 Å². The third-order valence-electron chi connectivity index (χ3n) is 3.51. The van der Waals surface area contributed by atoms with E-state index in [0.29, 0.717) is 13.0 Å². The third-order valence-corrected chi connectivity index (χ3v) is 4.67. The number of rotatable bonds is 7. The fourth-order valence-corrected chi connectivity index (χ4v) is 3.31. The maximum absolute atomic E-state index is 12.2. The second kappa shape index (κ2) is 8.19. The van der Waals surface area contributed by atoms with Crippen molar-refractivity contribution in [3.05, 3.63) is 0 Å². The quantitative estimate of drug-likeness (QED) is 0.576. The van der Waals surface area contributed by atoms with Crippen molar-refractivity contribution in [1.29, 1.82) is 0 Å². The Bertz CT molecular complexity index is 665. The lowest BCUT2D eigenvalue weighted by atomic mass is 9.94. The van der Waals surface area contributed by atoms with E-state index in [-0.39, 0.29) is 31.6 Å². The van der Waals surface area contributed by atoms with Crippen LogP contribution in [0.15, 0.2) is 0 Å². The molecule has 0 aliphatic carbocycles. The second-order valence-corrected chi connectivity index (χ2v) is 10.5. The van der Waals surface area contributed by atoms with E-state index in [2.05, 4.69) is 0 Å². The van der Waals surface area contributed by atoms with Crippen LogP contribution in [-0.4, -0.2) is 72.2 Å². The highest BCUT2D eigenvalue weighted by Crippen LogP contribution is 2.28. The number of ether oxygens (including phenoxy) is 1. The number of likely N-dealkylation sites (tertiary alicyclic amines) is 1. The summed E-state index contributed by atoms with van der Waals surface area (Å²) in [4.78, 5) is 13.7. The van der Waals surface area contributed by atoms with Crippen molar-refractivity contribution in [2.45, 2.75) is 32.8 Å². The number of nitrogens with zero attached hydrogens (tertiary/aromatic N) is 1. The Morgan fingerprint density at radius 3 is 2.00 bits per heavy atom. The molecule has 0 N–H and O–H groups in total. The average Bonchev–Trinajstić information content (AvgIpc) is 2.75. The van der Waals surface area contributed by atoms with E-state index in [1.165, 1.54) is 4.90 Å². The predicted molar refractivity (Wildman–Crippen MR) is 91.0 cm³/mol. The van der Waals surface area contributed by atoms with Crippen molar-refractivity contribution in [1.82, 2.24) is 4.90 Å². The van der Waals surface area contributed by atoms with Gasteiger partial charge in [0, 0.05) is 19.0 Å². The molecule has 9 nitrogen and oxygen atoms in total. The van der Waals surface area contributed by atoms with Gasteiger partial charge in [0.1, 0.15) is 5.60 Å². The van der Waals surface area contributed by atoms with Gasteiger partial charge in [-0.2, -0.15) is 16.8 Å². The van der Waals surface area contributed by atoms with Crippen LogP contribution in [0.3, 0.4) is 0 Å². The van der Waals surface area contributed by atoms with Gasteiger partial charge in [0.25, 0.3) is 20.2 Å². The fraction of sp³-hybridized carbons (Fsp3) is 0.929. The summed E-state index contributed by atoms with van der Waals surface area (Å²) in [5, 5.41) is 0. The van der Waals surface area contributed by atoms with Gasteiger partial charge in [-0.1, -0.05) is 0 Å². The van der Waals surface area contributed by atoms with Crippen LogP contribution in [-0.2, 0) is 33.3 Å². The number of hydrogen-bond acceptors (Lipinski definition) is 8. The zero-order valence-corrected chi connectivity index (χ0v) is 16.9. The normalized spacial score (nSPS) is 22.2. The highest BCUT2D eigenvalue weighted by molar-refractivity contribution is 7.86. The van der Waals surface area contributed by atoms with Gasteiger partial charge in [-0.15, -0.1) is 0 Å². The van der Waals surface area contributed by atoms with E-state index in [1.54, 1.807) is 20.8 Å². The first-order chi connectivity index (χ1) is 11.2. The SMILES string of the molecule is CC(C)(C)OC(=O)N1C[C@@H](COS(C)(=O)=O)[C@@H](CCOS(C)(=O)=O)C1. The summed E-state index contributed by atoms with van der Waals surface area (Å²) in [6.45, 7) is 5.73. The van der Waals surface area contributed by atoms with E-state index in [0.717, 1.165) is 12.5 Å². The number of carbonyl (C=O) groups is 1. The summed E-state index contributed by atoms with van der Waals surface area (Å²) in [5.41, 5.74) is -0.646. The Kier molecular flexibility index (Phi) is 7.25. The molecule has 0 radical (unpaired) electrons. The molecule has 1 fully saturated rings. The molecule has 0 aromatic carbocycles. The van der Waals surface area contributed by atoms with E-state index in [1.807, 2.05) is 0 Å². The zero-order chi connectivity index (χ0) is 19.5. The molecule has 1 heterocycles. The zero-order valence-electron chi connectivity index (χ0n) is 15.2. The Labute approximate surface area is 149 Å². The number of carbonyl (C=O) groups excluding carboxylic acids is 1. The maximum Gasteiger partial charge on any atom is 0.410 e. The van der Waals surface area contributed by atoms with Crippen LogP contribution in [0.25, 0.3) is 0 Å². The molecule has 1 saturated heterocycles. The van der Waals surface area contributed by atoms with Crippen LogP contribution in [0.5, 0.6) is 0 Å². The van der Waals surface area contributed by atoms with Crippen LogP contribution in [0.4, 0.5) is 4.79 Å². The van der Waals surface area contributed by atoms with Crippen molar-refractivity contribution in [2.24, 2.45) is 11.8 Å². The molecule has 148 valence electrons. The van der Waals surface area contributed by atoms with Crippen LogP contribution in [0.1, 0.15) is 27.2 Å². The molecule has 2 atom stereocenters. The molecule has 0 spiro atoms. The Morgan fingerprint density at radius 2 is 1.52 bits per heavy atom. The van der Waals surface area contributed by atoms with Crippen LogP contribution >= 0.6 is 0 Å². The highest BCUT2D eigenvalue weighted by atomic mass is 32.2. The summed E-state index contributed by atoms with van der Waals surface area (Å²) in [7, 11) is -7.16. The van der Waals surface area contributed by atoms with E-state index < -0.39 is 31.9 Å². The van der Waals surface area contributed by atoms with Crippen LogP contribution in [0, 0.1) is 11.8 Å². The van der Waals surface area contributed by atoms with Gasteiger partial charge in [-0.25, -0.2) is 4.79 Å². The average molecular weight is 402 g/mol. The Morgan fingerprint density at radius 1 is 1.00 bits per heavy atom. The minimum absolute atomic E-state index is 0.0406. The maximum atomic E-state index is 12.2. The summed E-state index contributed by atoms with van der Waals surface area (Å²) in [6, 6.07) is 0.